The van der Waals surface area contributed by atoms with Crippen LogP contribution in [-0.2, 0) is 0 Å². The third kappa shape index (κ3) is 3.23. The molecule has 0 aliphatic carbocycles. The van der Waals surface area contributed by atoms with Crippen LogP contribution >= 0.6 is 11.6 Å². The van der Waals surface area contributed by atoms with Crippen LogP contribution in [0.25, 0.3) is 0 Å². The summed E-state index contributed by atoms with van der Waals surface area (Å²) >= 11 is 5.91. The topological polar surface area (TPSA) is 51.2 Å². The van der Waals surface area contributed by atoms with Crippen molar-refractivity contribution in [1.82, 2.24) is 4.98 Å². The molecule has 4 nitrogen and oxygen atoms in total. The number of hydrogen-bond donors (Lipinski definition) is 1. The Labute approximate surface area is 116 Å². The van der Waals surface area contributed by atoms with Crippen LogP contribution in [0.2, 0.25) is 5.02 Å². The summed E-state index contributed by atoms with van der Waals surface area (Å²) in [5.41, 5.74) is 2.11. The van der Waals surface area contributed by atoms with Crippen molar-refractivity contribution in [2.45, 2.75) is 6.92 Å². The first-order valence-electron chi connectivity index (χ1n) is 5.67. The Kier molecular flexibility index (Phi) is 4.02. The Hall–Kier alpha value is -2.07. The predicted octanol–water partition coefficient (Wildman–Crippen LogP) is 3.30. The number of aromatic nitrogens is 1. The minimum atomic E-state index is -0.230. The number of halogens is 1. The Morgan fingerprint density at radius 2 is 2.11 bits per heavy atom. The van der Waals surface area contributed by atoms with Gasteiger partial charge in [0.25, 0.3) is 5.91 Å². The normalized spacial score (nSPS) is 10.1. The molecule has 2 rings (SSSR count). The zero-order valence-electron chi connectivity index (χ0n) is 10.6. The van der Waals surface area contributed by atoms with Gasteiger partial charge in [-0.15, -0.1) is 0 Å². The summed E-state index contributed by atoms with van der Waals surface area (Å²) in [5.74, 6) is 0.168. The average Bonchev–Trinajstić information content (AvgIpc) is 2.43. The monoisotopic (exact) mass is 276 g/mol. The largest absolute Gasteiger partial charge is 0.481 e. The second-order valence-electron chi connectivity index (χ2n) is 4.00. The maximum atomic E-state index is 12.1. The molecule has 0 aliphatic rings. The summed E-state index contributed by atoms with van der Waals surface area (Å²) in [6.45, 7) is 1.90. The van der Waals surface area contributed by atoms with Gasteiger partial charge in [0.15, 0.2) is 0 Å². The van der Waals surface area contributed by atoms with Gasteiger partial charge in [-0.25, -0.2) is 4.98 Å². The number of amides is 1. The van der Waals surface area contributed by atoms with Crippen molar-refractivity contribution in [2.24, 2.45) is 0 Å². The van der Waals surface area contributed by atoms with Gasteiger partial charge in [0.1, 0.15) is 0 Å². The number of pyridine rings is 1. The lowest BCUT2D eigenvalue weighted by molar-refractivity contribution is 0.102. The van der Waals surface area contributed by atoms with Crippen LogP contribution in [0.4, 0.5) is 5.69 Å². The molecular weight excluding hydrogens is 264 g/mol. The molecule has 0 unspecified atom stereocenters. The summed E-state index contributed by atoms with van der Waals surface area (Å²) < 4.78 is 4.99. The summed E-state index contributed by atoms with van der Waals surface area (Å²) in [6.07, 6.45) is 1.53. The summed E-state index contributed by atoms with van der Waals surface area (Å²) in [5, 5.41) is 3.39. The molecule has 0 spiro atoms. The molecule has 0 fully saturated rings. The van der Waals surface area contributed by atoms with Gasteiger partial charge in [0.05, 0.1) is 7.11 Å². The molecule has 0 atom stereocenters. The van der Waals surface area contributed by atoms with Gasteiger partial charge >= 0.3 is 0 Å². The standard InChI is InChI=1S/C14H13ClN2O2/c1-9-3-4-11(15)8-12(9)17-14(18)10-5-6-16-13(7-10)19-2/h3-8H,1-2H3,(H,17,18). The number of nitrogens with zero attached hydrogens (tertiary/aromatic N) is 1. The van der Waals surface area contributed by atoms with E-state index in [-0.39, 0.29) is 5.91 Å². The Balaban J connectivity index is 2.22. The zero-order valence-corrected chi connectivity index (χ0v) is 11.4. The van der Waals surface area contributed by atoms with Gasteiger partial charge in [-0.3, -0.25) is 4.79 Å². The highest BCUT2D eigenvalue weighted by atomic mass is 35.5. The summed E-state index contributed by atoms with van der Waals surface area (Å²) in [4.78, 5) is 16.1. The molecule has 1 amide bonds. The number of nitrogens with one attached hydrogen (secondary N) is 1. The highest BCUT2D eigenvalue weighted by molar-refractivity contribution is 6.31. The van der Waals surface area contributed by atoms with Crippen molar-refractivity contribution in [3.8, 4) is 5.88 Å². The first kappa shape index (κ1) is 13.4. The van der Waals surface area contributed by atoms with Crippen LogP contribution in [0, 0.1) is 6.92 Å². The van der Waals surface area contributed by atoms with E-state index in [1.54, 1.807) is 24.3 Å². The van der Waals surface area contributed by atoms with Crippen molar-refractivity contribution in [3.63, 3.8) is 0 Å². The fourth-order valence-corrected chi connectivity index (χ4v) is 1.76. The molecule has 5 heteroatoms. The van der Waals surface area contributed by atoms with Crippen LogP contribution in [0.1, 0.15) is 15.9 Å². The minimum Gasteiger partial charge on any atom is -0.481 e. The smallest absolute Gasteiger partial charge is 0.255 e. The van der Waals surface area contributed by atoms with Gasteiger partial charge in [-0.1, -0.05) is 17.7 Å². The van der Waals surface area contributed by atoms with E-state index in [0.29, 0.717) is 22.2 Å². The second kappa shape index (κ2) is 5.71. The van der Waals surface area contributed by atoms with Crippen molar-refractivity contribution >= 4 is 23.2 Å². The number of hydrogen-bond acceptors (Lipinski definition) is 3. The van der Waals surface area contributed by atoms with Crippen molar-refractivity contribution in [2.75, 3.05) is 12.4 Å². The molecule has 0 saturated heterocycles. The van der Waals surface area contributed by atoms with Gasteiger partial charge in [0.2, 0.25) is 5.88 Å². The first-order chi connectivity index (χ1) is 9.10. The van der Waals surface area contributed by atoms with E-state index in [1.807, 2.05) is 13.0 Å². The molecule has 1 heterocycles. The molecular formula is C14H13ClN2O2. The number of ether oxygens (including phenoxy) is 1. The molecule has 0 aliphatic heterocycles. The summed E-state index contributed by atoms with van der Waals surface area (Å²) in [7, 11) is 1.51. The Morgan fingerprint density at radius 3 is 2.84 bits per heavy atom. The maximum Gasteiger partial charge on any atom is 0.255 e. The lowest BCUT2D eigenvalue weighted by Crippen LogP contribution is -2.13. The number of rotatable bonds is 3. The van der Waals surface area contributed by atoms with Crippen LogP contribution in [0.15, 0.2) is 36.5 Å². The number of benzene rings is 1. The van der Waals surface area contributed by atoms with Crippen LogP contribution in [0.5, 0.6) is 5.88 Å². The molecule has 1 aromatic heterocycles. The lowest BCUT2D eigenvalue weighted by atomic mass is 10.2. The first-order valence-corrected chi connectivity index (χ1v) is 6.05. The molecule has 1 N–H and O–H groups in total. The van der Waals surface area contributed by atoms with E-state index in [9.17, 15) is 4.79 Å². The van der Waals surface area contributed by atoms with Gasteiger partial charge in [-0.2, -0.15) is 0 Å². The zero-order chi connectivity index (χ0) is 13.8. The predicted molar refractivity (Wildman–Crippen MR) is 74.9 cm³/mol. The second-order valence-corrected chi connectivity index (χ2v) is 4.44. The third-order valence-corrected chi connectivity index (χ3v) is 2.89. The van der Waals surface area contributed by atoms with Crippen molar-refractivity contribution < 1.29 is 9.53 Å². The van der Waals surface area contributed by atoms with Gasteiger partial charge in [0, 0.05) is 28.5 Å². The maximum absolute atomic E-state index is 12.1. The van der Waals surface area contributed by atoms with E-state index in [0.717, 1.165) is 5.56 Å². The highest BCUT2D eigenvalue weighted by Gasteiger charge is 2.09. The molecule has 2 aromatic rings. The number of anilines is 1. The fourth-order valence-electron chi connectivity index (χ4n) is 1.59. The van der Waals surface area contributed by atoms with Crippen LogP contribution in [-0.4, -0.2) is 18.0 Å². The quantitative estimate of drug-likeness (QED) is 0.936. The van der Waals surface area contributed by atoms with Gasteiger partial charge < -0.3 is 10.1 Å². The van der Waals surface area contributed by atoms with Crippen LogP contribution in [0.3, 0.4) is 0 Å². The molecule has 1 aromatic carbocycles. The SMILES string of the molecule is COc1cc(C(=O)Nc2cc(Cl)ccc2C)ccn1. The van der Waals surface area contributed by atoms with Crippen molar-refractivity contribution in [3.05, 3.63) is 52.7 Å². The number of carbonyl (C=O) groups excluding carboxylic acids is 1. The Bertz CT molecular complexity index is 614. The van der Waals surface area contributed by atoms with E-state index in [4.69, 9.17) is 16.3 Å². The molecule has 19 heavy (non-hydrogen) atoms. The molecule has 0 radical (unpaired) electrons. The van der Waals surface area contributed by atoms with E-state index >= 15 is 0 Å². The number of carbonyl (C=O) groups is 1. The Morgan fingerprint density at radius 1 is 1.32 bits per heavy atom. The third-order valence-electron chi connectivity index (χ3n) is 2.65. The van der Waals surface area contributed by atoms with E-state index in [1.165, 1.54) is 13.3 Å². The fraction of sp³-hybridized carbons (Fsp3) is 0.143. The van der Waals surface area contributed by atoms with Crippen molar-refractivity contribution in [1.29, 1.82) is 0 Å². The van der Waals surface area contributed by atoms with E-state index < -0.39 is 0 Å². The number of methoxy groups -OCH3 is 1. The molecule has 0 bridgehead atoms. The van der Waals surface area contributed by atoms with E-state index in [2.05, 4.69) is 10.3 Å². The average molecular weight is 277 g/mol. The minimum absolute atomic E-state index is 0.230. The molecule has 0 saturated carbocycles. The summed E-state index contributed by atoms with van der Waals surface area (Å²) in [6, 6.07) is 8.55. The number of aryl methyl sites for hydroxylation is 1. The lowest BCUT2D eigenvalue weighted by Gasteiger charge is -2.09. The molecule has 98 valence electrons. The van der Waals surface area contributed by atoms with Crippen LogP contribution < -0.4 is 10.1 Å². The highest BCUT2D eigenvalue weighted by Crippen LogP contribution is 2.21. The van der Waals surface area contributed by atoms with Gasteiger partial charge in [-0.05, 0) is 30.7 Å².